The Bertz CT molecular complexity index is 947. The molecule has 0 atom stereocenters. The molecule has 1 aromatic carbocycles. The van der Waals surface area contributed by atoms with Crippen LogP contribution in [0.4, 0.5) is 0 Å². The van der Waals surface area contributed by atoms with Crippen LogP contribution in [0.5, 0.6) is 0 Å². The van der Waals surface area contributed by atoms with Gasteiger partial charge < -0.3 is 14.2 Å². The summed E-state index contributed by atoms with van der Waals surface area (Å²) >= 11 is 6.30. The van der Waals surface area contributed by atoms with Crippen molar-refractivity contribution in [1.82, 2.24) is 19.4 Å². The second kappa shape index (κ2) is 6.46. The Kier molecular flexibility index (Phi) is 4.15. The van der Waals surface area contributed by atoms with E-state index in [0.29, 0.717) is 48.1 Å². The Balaban J connectivity index is 1.74. The van der Waals surface area contributed by atoms with Crippen molar-refractivity contribution in [3.05, 3.63) is 47.1 Å². The van der Waals surface area contributed by atoms with Gasteiger partial charge in [0, 0.05) is 31.9 Å². The molecule has 0 spiro atoms. The summed E-state index contributed by atoms with van der Waals surface area (Å²) in [5, 5.41) is 0.630. The number of nitrogens with zero attached hydrogens (tertiary/aromatic N) is 4. The fourth-order valence-electron chi connectivity index (χ4n) is 3.03. The average Bonchev–Trinajstić information content (AvgIpc) is 2.98. The molecule has 0 aliphatic carbocycles. The van der Waals surface area contributed by atoms with Crippen LogP contribution in [0.3, 0.4) is 0 Å². The first kappa shape index (κ1) is 16.1. The fourth-order valence-corrected chi connectivity index (χ4v) is 3.25. The van der Waals surface area contributed by atoms with Crippen molar-refractivity contribution < 1.29 is 9.53 Å². The molecule has 1 aliphatic heterocycles. The highest BCUT2D eigenvalue weighted by Crippen LogP contribution is 2.29. The summed E-state index contributed by atoms with van der Waals surface area (Å²) in [6.45, 7) is 2.34. The molecule has 0 radical (unpaired) electrons. The molecule has 0 saturated carbocycles. The standard InChI is InChI=1S/C18H17ClN4O2/c1-22-16(13-4-2-3-5-14(13)19)21-15-10-12(11-20-17(15)22)18(24)23-6-8-25-9-7-23/h2-5,10-11H,6-9H2,1H3. The van der Waals surface area contributed by atoms with Crippen LogP contribution < -0.4 is 0 Å². The molecule has 0 unspecified atom stereocenters. The fraction of sp³-hybridized carbons (Fsp3) is 0.278. The van der Waals surface area contributed by atoms with Crippen molar-refractivity contribution in [1.29, 1.82) is 0 Å². The maximum atomic E-state index is 12.6. The summed E-state index contributed by atoms with van der Waals surface area (Å²) in [7, 11) is 1.89. The molecule has 3 aromatic rings. The molecule has 0 bridgehead atoms. The van der Waals surface area contributed by atoms with E-state index in [0.717, 1.165) is 11.4 Å². The Labute approximate surface area is 150 Å². The van der Waals surface area contributed by atoms with Gasteiger partial charge in [-0.15, -0.1) is 0 Å². The zero-order valence-corrected chi connectivity index (χ0v) is 14.5. The molecule has 1 fully saturated rings. The number of morpholine rings is 1. The summed E-state index contributed by atoms with van der Waals surface area (Å²) in [5.41, 5.74) is 2.77. The molecule has 7 heteroatoms. The topological polar surface area (TPSA) is 60.2 Å². The Morgan fingerprint density at radius 3 is 2.76 bits per heavy atom. The van der Waals surface area contributed by atoms with Gasteiger partial charge in [-0.2, -0.15) is 0 Å². The van der Waals surface area contributed by atoms with Gasteiger partial charge in [0.15, 0.2) is 5.65 Å². The maximum absolute atomic E-state index is 12.6. The average molecular weight is 357 g/mol. The van der Waals surface area contributed by atoms with Crippen molar-refractivity contribution in [3.63, 3.8) is 0 Å². The number of pyridine rings is 1. The summed E-state index contributed by atoms with van der Waals surface area (Å²) in [6, 6.07) is 9.34. The molecule has 6 nitrogen and oxygen atoms in total. The highest BCUT2D eigenvalue weighted by Gasteiger charge is 2.21. The Morgan fingerprint density at radius 1 is 1.24 bits per heavy atom. The lowest BCUT2D eigenvalue weighted by atomic mass is 10.2. The zero-order valence-electron chi connectivity index (χ0n) is 13.8. The lowest BCUT2D eigenvalue weighted by Gasteiger charge is -2.26. The molecule has 2 aromatic heterocycles. The van der Waals surface area contributed by atoms with Gasteiger partial charge in [0.1, 0.15) is 11.3 Å². The van der Waals surface area contributed by atoms with E-state index in [1.165, 1.54) is 0 Å². The predicted molar refractivity (Wildman–Crippen MR) is 95.7 cm³/mol. The number of halogens is 1. The lowest BCUT2D eigenvalue weighted by Crippen LogP contribution is -2.40. The number of carbonyl (C=O) groups is 1. The maximum Gasteiger partial charge on any atom is 0.255 e. The van der Waals surface area contributed by atoms with Crippen LogP contribution in [0.25, 0.3) is 22.6 Å². The van der Waals surface area contributed by atoms with Gasteiger partial charge >= 0.3 is 0 Å². The minimum atomic E-state index is -0.0392. The molecule has 25 heavy (non-hydrogen) atoms. The lowest BCUT2D eigenvalue weighted by molar-refractivity contribution is 0.0302. The number of ether oxygens (including phenoxy) is 1. The summed E-state index contributed by atoms with van der Waals surface area (Å²) in [5.74, 6) is 0.687. The smallest absolute Gasteiger partial charge is 0.255 e. The van der Waals surface area contributed by atoms with Gasteiger partial charge in [-0.1, -0.05) is 23.7 Å². The molecule has 1 saturated heterocycles. The third-order valence-electron chi connectivity index (χ3n) is 4.37. The minimum Gasteiger partial charge on any atom is -0.378 e. The summed E-state index contributed by atoms with van der Waals surface area (Å²) in [6.07, 6.45) is 1.61. The van der Waals surface area contributed by atoms with E-state index in [9.17, 15) is 4.79 Å². The minimum absolute atomic E-state index is 0.0392. The first-order chi connectivity index (χ1) is 12.1. The van der Waals surface area contributed by atoms with Crippen molar-refractivity contribution in [2.75, 3.05) is 26.3 Å². The van der Waals surface area contributed by atoms with Crippen LogP contribution in [-0.4, -0.2) is 51.6 Å². The van der Waals surface area contributed by atoms with Crippen molar-refractivity contribution >= 4 is 28.7 Å². The van der Waals surface area contributed by atoms with Crippen molar-refractivity contribution in [3.8, 4) is 11.4 Å². The van der Waals surface area contributed by atoms with Gasteiger partial charge in [0.05, 0.1) is 23.8 Å². The van der Waals surface area contributed by atoms with Gasteiger partial charge in [-0.25, -0.2) is 9.97 Å². The monoisotopic (exact) mass is 356 g/mol. The zero-order chi connectivity index (χ0) is 17.4. The number of carbonyl (C=O) groups excluding carboxylic acids is 1. The molecular formula is C18H17ClN4O2. The second-order valence-corrected chi connectivity index (χ2v) is 6.35. The van der Waals surface area contributed by atoms with E-state index >= 15 is 0 Å². The first-order valence-corrected chi connectivity index (χ1v) is 8.47. The van der Waals surface area contributed by atoms with Crippen LogP contribution in [-0.2, 0) is 11.8 Å². The number of amides is 1. The third-order valence-corrected chi connectivity index (χ3v) is 4.70. The highest BCUT2D eigenvalue weighted by atomic mass is 35.5. The Morgan fingerprint density at radius 2 is 2.00 bits per heavy atom. The number of aryl methyl sites for hydroxylation is 1. The van der Waals surface area contributed by atoms with E-state index in [-0.39, 0.29) is 5.91 Å². The van der Waals surface area contributed by atoms with Gasteiger partial charge in [-0.3, -0.25) is 4.79 Å². The number of benzene rings is 1. The van der Waals surface area contributed by atoms with Gasteiger partial charge in [-0.05, 0) is 18.2 Å². The van der Waals surface area contributed by atoms with Crippen molar-refractivity contribution in [2.45, 2.75) is 0 Å². The van der Waals surface area contributed by atoms with Crippen LogP contribution in [0.2, 0.25) is 5.02 Å². The molecular weight excluding hydrogens is 340 g/mol. The van der Waals surface area contributed by atoms with Crippen LogP contribution >= 0.6 is 11.6 Å². The molecule has 0 N–H and O–H groups in total. The molecule has 1 amide bonds. The number of imidazole rings is 1. The van der Waals surface area contributed by atoms with E-state index < -0.39 is 0 Å². The number of fused-ring (bicyclic) bond motifs is 1. The second-order valence-electron chi connectivity index (χ2n) is 5.95. The van der Waals surface area contributed by atoms with Gasteiger partial charge in [0.25, 0.3) is 5.91 Å². The molecule has 4 rings (SSSR count). The number of aromatic nitrogens is 3. The van der Waals surface area contributed by atoms with Crippen molar-refractivity contribution in [2.24, 2.45) is 7.05 Å². The summed E-state index contributed by atoms with van der Waals surface area (Å²) < 4.78 is 7.19. The quantitative estimate of drug-likeness (QED) is 0.708. The van der Waals surface area contributed by atoms with Crippen LogP contribution in [0, 0.1) is 0 Å². The van der Waals surface area contributed by atoms with E-state index in [2.05, 4.69) is 9.97 Å². The highest BCUT2D eigenvalue weighted by molar-refractivity contribution is 6.33. The molecule has 128 valence electrons. The number of hydrogen-bond donors (Lipinski definition) is 0. The van der Waals surface area contributed by atoms with E-state index in [1.807, 2.05) is 35.9 Å². The number of rotatable bonds is 2. The van der Waals surface area contributed by atoms with E-state index in [1.54, 1.807) is 17.2 Å². The normalized spacial score (nSPS) is 14.9. The largest absolute Gasteiger partial charge is 0.378 e. The van der Waals surface area contributed by atoms with Crippen LogP contribution in [0.1, 0.15) is 10.4 Å². The molecule has 3 heterocycles. The number of hydrogen-bond acceptors (Lipinski definition) is 4. The van der Waals surface area contributed by atoms with Crippen LogP contribution in [0.15, 0.2) is 36.5 Å². The Hall–Kier alpha value is -2.44. The first-order valence-electron chi connectivity index (χ1n) is 8.09. The van der Waals surface area contributed by atoms with Gasteiger partial charge in [0.2, 0.25) is 0 Å². The predicted octanol–water partition coefficient (Wildman–Crippen LogP) is 2.76. The summed E-state index contributed by atoms with van der Waals surface area (Å²) in [4.78, 5) is 23.5. The SMILES string of the molecule is Cn1c(-c2ccccc2Cl)nc2cc(C(=O)N3CCOCC3)cnc21. The third kappa shape index (κ3) is 2.88. The molecule has 1 aliphatic rings. The van der Waals surface area contributed by atoms with E-state index in [4.69, 9.17) is 16.3 Å².